The number of fused-ring (bicyclic) bond motifs is 2. The maximum atomic E-state index is 12.5. The number of hydrogen-bond acceptors (Lipinski definition) is 4. The maximum absolute atomic E-state index is 12.5. The molecule has 0 saturated carbocycles. The van der Waals surface area contributed by atoms with Gasteiger partial charge in [-0.25, -0.2) is 0 Å². The van der Waals surface area contributed by atoms with Crippen molar-refractivity contribution in [1.29, 1.82) is 0 Å². The molecule has 2 heterocycles. The number of benzene rings is 2. The van der Waals surface area contributed by atoms with E-state index in [4.69, 9.17) is 23.2 Å². The van der Waals surface area contributed by atoms with Gasteiger partial charge in [0, 0.05) is 13.1 Å². The third-order valence-corrected chi connectivity index (χ3v) is 5.16. The molecule has 0 saturated heterocycles. The topological polar surface area (TPSA) is 74.8 Å². The normalized spacial score (nSPS) is 15.8. The SMILES string of the molecule is O=C1c2ccccc2C(=O)N1CCN1C(=O)c2cc(Cl)c(Cl)cc2C1=O. The molecule has 0 atom stereocenters. The van der Waals surface area contributed by atoms with Crippen LogP contribution in [0.4, 0.5) is 0 Å². The van der Waals surface area contributed by atoms with Gasteiger partial charge in [-0.3, -0.25) is 29.0 Å². The van der Waals surface area contributed by atoms with Crippen molar-refractivity contribution < 1.29 is 19.2 Å². The number of amides is 4. The van der Waals surface area contributed by atoms with Crippen LogP contribution < -0.4 is 0 Å². The van der Waals surface area contributed by atoms with Crippen LogP contribution in [0.1, 0.15) is 41.4 Å². The van der Waals surface area contributed by atoms with E-state index in [0.717, 1.165) is 9.80 Å². The molecule has 2 aromatic carbocycles. The summed E-state index contributed by atoms with van der Waals surface area (Å²) in [5.74, 6) is -1.93. The predicted octanol–water partition coefficient (Wildman–Crippen LogP) is 2.89. The highest BCUT2D eigenvalue weighted by Crippen LogP contribution is 2.31. The lowest BCUT2D eigenvalue weighted by Gasteiger charge is -2.18. The van der Waals surface area contributed by atoms with Crippen LogP contribution >= 0.6 is 23.2 Å². The molecular formula is C18H10Cl2N2O4. The number of carbonyl (C=O) groups excluding carboxylic acids is 4. The van der Waals surface area contributed by atoms with Crippen LogP contribution in [0.5, 0.6) is 0 Å². The Hall–Kier alpha value is -2.70. The van der Waals surface area contributed by atoms with Crippen LogP contribution in [-0.2, 0) is 0 Å². The van der Waals surface area contributed by atoms with E-state index in [1.54, 1.807) is 24.3 Å². The van der Waals surface area contributed by atoms with E-state index < -0.39 is 23.6 Å². The zero-order chi connectivity index (χ0) is 18.6. The summed E-state index contributed by atoms with van der Waals surface area (Å²) < 4.78 is 0. The van der Waals surface area contributed by atoms with Gasteiger partial charge < -0.3 is 0 Å². The van der Waals surface area contributed by atoms with Crippen molar-refractivity contribution in [2.75, 3.05) is 13.1 Å². The Balaban J connectivity index is 1.55. The first-order valence-electron chi connectivity index (χ1n) is 7.70. The van der Waals surface area contributed by atoms with Gasteiger partial charge in [-0.05, 0) is 24.3 Å². The lowest BCUT2D eigenvalue weighted by molar-refractivity contribution is 0.0561. The molecule has 26 heavy (non-hydrogen) atoms. The second-order valence-corrected chi connectivity index (χ2v) is 6.70. The molecule has 0 bridgehead atoms. The molecule has 0 fully saturated rings. The summed E-state index contributed by atoms with van der Waals surface area (Å²) in [5, 5.41) is 0.350. The first-order valence-corrected chi connectivity index (χ1v) is 8.46. The van der Waals surface area contributed by atoms with Crippen molar-refractivity contribution in [2.45, 2.75) is 0 Å². The average molecular weight is 389 g/mol. The van der Waals surface area contributed by atoms with Gasteiger partial charge >= 0.3 is 0 Å². The van der Waals surface area contributed by atoms with Crippen LogP contribution in [-0.4, -0.2) is 46.5 Å². The van der Waals surface area contributed by atoms with E-state index in [0.29, 0.717) is 11.1 Å². The molecule has 0 radical (unpaired) electrons. The molecule has 130 valence electrons. The molecule has 0 N–H and O–H groups in total. The molecule has 0 unspecified atom stereocenters. The van der Waals surface area contributed by atoms with Gasteiger partial charge in [-0.2, -0.15) is 0 Å². The summed E-state index contributed by atoms with van der Waals surface area (Å²) in [4.78, 5) is 51.7. The molecule has 0 spiro atoms. The smallest absolute Gasteiger partial charge is 0.261 e. The van der Waals surface area contributed by atoms with Crippen molar-refractivity contribution >= 4 is 46.8 Å². The second kappa shape index (κ2) is 5.93. The Morgan fingerprint density at radius 2 is 0.962 bits per heavy atom. The van der Waals surface area contributed by atoms with Crippen molar-refractivity contribution in [3.63, 3.8) is 0 Å². The highest BCUT2D eigenvalue weighted by Gasteiger charge is 2.39. The van der Waals surface area contributed by atoms with E-state index >= 15 is 0 Å². The number of rotatable bonds is 3. The van der Waals surface area contributed by atoms with Crippen LogP contribution in [0.15, 0.2) is 36.4 Å². The monoisotopic (exact) mass is 388 g/mol. The van der Waals surface area contributed by atoms with Crippen LogP contribution in [0.2, 0.25) is 10.0 Å². The standard InChI is InChI=1S/C18H10Cl2N2O4/c19-13-7-11-12(8-14(13)20)18(26)22(17(11)25)6-5-21-15(23)9-3-1-2-4-10(9)16(21)24/h1-4,7-8H,5-6H2. The van der Waals surface area contributed by atoms with Crippen molar-refractivity contribution in [1.82, 2.24) is 9.80 Å². The summed E-state index contributed by atoms with van der Waals surface area (Å²) in [6.45, 7) is -0.188. The summed E-state index contributed by atoms with van der Waals surface area (Å²) in [6, 6.07) is 9.18. The van der Waals surface area contributed by atoms with E-state index in [1.807, 2.05) is 0 Å². The summed E-state index contributed by atoms with van der Waals surface area (Å²) in [5.41, 5.74) is 0.954. The number of hydrogen-bond donors (Lipinski definition) is 0. The van der Waals surface area contributed by atoms with Crippen molar-refractivity contribution in [3.05, 3.63) is 68.7 Å². The van der Waals surface area contributed by atoms with Crippen LogP contribution in [0.3, 0.4) is 0 Å². The predicted molar refractivity (Wildman–Crippen MR) is 93.6 cm³/mol. The Kier molecular flexibility index (Phi) is 3.82. The number of carbonyl (C=O) groups is 4. The van der Waals surface area contributed by atoms with Crippen molar-refractivity contribution in [2.24, 2.45) is 0 Å². The van der Waals surface area contributed by atoms with Crippen LogP contribution in [0.25, 0.3) is 0 Å². The molecule has 0 aliphatic carbocycles. The van der Waals surface area contributed by atoms with E-state index in [-0.39, 0.29) is 34.3 Å². The fourth-order valence-electron chi connectivity index (χ4n) is 3.13. The van der Waals surface area contributed by atoms with Gasteiger partial charge in [-0.15, -0.1) is 0 Å². The fourth-order valence-corrected chi connectivity index (χ4v) is 3.46. The highest BCUT2D eigenvalue weighted by atomic mass is 35.5. The van der Waals surface area contributed by atoms with Crippen molar-refractivity contribution in [3.8, 4) is 0 Å². The minimum Gasteiger partial charge on any atom is -0.273 e. The van der Waals surface area contributed by atoms with Gasteiger partial charge in [0.25, 0.3) is 23.6 Å². The Labute approximate surface area is 157 Å². The van der Waals surface area contributed by atoms with Crippen LogP contribution in [0, 0.1) is 0 Å². The zero-order valence-corrected chi connectivity index (χ0v) is 14.7. The number of imide groups is 2. The lowest BCUT2D eigenvalue weighted by atomic mass is 10.1. The Bertz CT molecular complexity index is 942. The third kappa shape index (κ3) is 2.34. The molecule has 0 aromatic heterocycles. The molecule has 6 nitrogen and oxygen atoms in total. The quantitative estimate of drug-likeness (QED) is 0.757. The van der Waals surface area contributed by atoms with Gasteiger partial charge in [0.05, 0.1) is 32.3 Å². The Morgan fingerprint density at radius 1 is 0.615 bits per heavy atom. The number of halogens is 2. The van der Waals surface area contributed by atoms with E-state index in [9.17, 15) is 19.2 Å². The molecule has 4 rings (SSSR count). The first-order chi connectivity index (χ1) is 12.4. The number of nitrogens with zero attached hydrogens (tertiary/aromatic N) is 2. The molecule has 4 amide bonds. The third-order valence-electron chi connectivity index (χ3n) is 4.44. The summed E-state index contributed by atoms with van der Waals surface area (Å²) in [7, 11) is 0. The van der Waals surface area contributed by atoms with Gasteiger partial charge in [0.1, 0.15) is 0 Å². The van der Waals surface area contributed by atoms with E-state index in [2.05, 4.69) is 0 Å². The lowest BCUT2D eigenvalue weighted by Crippen LogP contribution is -2.40. The average Bonchev–Trinajstić information content (AvgIpc) is 3.00. The summed E-state index contributed by atoms with van der Waals surface area (Å²) in [6.07, 6.45) is 0. The zero-order valence-electron chi connectivity index (χ0n) is 13.2. The second-order valence-electron chi connectivity index (χ2n) is 5.88. The maximum Gasteiger partial charge on any atom is 0.261 e. The minimum absolute atomic E-state index is 0.0840. The molecule has 8 heteroatoms. The van der Waals surface area contributed by atoms with Gasteiger partial charge in [-0.1, -0.05) is 35.3 Å². The largest absolute Gasteiger partial charge is 0.273 e. The van der Waals surface area contributed by atoms with Gasteiger partial charge in [0.15, 0.2) is 0 Å². The molecule has 2 aliphatic heterocycles. The molecular weight excluding hydrogens is 379 g/mol. The first kappa shape index (κ1) is 16.8. The molecule has 2 aliphatic rings. The Morgan fingerprint density at radius 3 is 1.35 bits per heavy atom. The highest BCUT2D eigenvalue weighted by molar-refractivity contribution is 6.43. The minimum atomic E-state index is -0.528. The summed E-state index contributed by atoms with van der Waals surface area (Å²) >= 11 is 11.8. The van der Waals surface area contributed by atoms with E-state index in [1.165, 1.54) is 12.1 Å². The molecule has 2 aromatic rings. The van der Waals surface area contributed by atoms with Gasteiger partial charge in [0.2, 0.25) is 0 Å². The fraction of sp³-hybridized carbons (Fsp3) is 0.111.